The van der Waals surface area contributed by atoms with Gasteiger partial charge in [0.25, 0.3) is 5.56 Å². The van der Waals surface area contributed by atoms with Gasteiger partial charge in [0.2, 0.25) is 0 Å². The Kier molecular flexibility index (Phi) is 2.93. The van der Waals surface area contributed by atoms with E-state index < -0.39 is 11.2 Å². The van der Waals surface area contributed by atoms with Gasteiger partial charge in [0.15, 0.2) is 0 Å². The average Bonchev–Trinajstić information content (AvgIpc) is 2.11. The summed E-state index contributed by atoms with van der Waals surface area (Å²) >= 11 is 5.63. The lowest BCUT2D eigenvalue weighted by atomic mass is 10.00. The Balaban J connectivity index is 2.10. The SMILES string of the molecule is O=c1[nH]c(=O)n(CCC2CNC2)cc1Cl. The zero-order valence-corrected chi connectivity index (χ0v) is 8.88. The largest absolute Gasteiger partial charge is 0.328 e. The molecule has 82 valence electrons. The van der Waals surface area contributed by atoms with Gasteiger partial charge in [0, 0.05) is 12.7 Å². The highest BCUT2D eigenvalue weighted by Gasteiger charge is 2.16. The van der Waals surface area contributed by atoms with Crippen LogP contribution in [0.15, 0.2) is 15.8 Å². The van der Waals surface area contributed by atoms with Gasteiger partial charge in [-0.2, -0.15) is 0 Å². The molecule has 2 N–H and O–H groups in total. The van der Waals surface area contributed by atoms with E-state index in [2.05, 4.69) is 10.3 Å². The van der Waals surface area contributed by atoms with Crippen molar-refractivity contribution in [3.8, 4) is 0 Å². The van der Waals surface area contributed by atoms with Crippen LogP contribution in [0.3, 0.4) is 0 Å². The van der Waals surface area contributed by atoms with Gasteiger partial charge < -0.3 is 5.32 Å². The zero-order chi connectivity index (χ0) is 10.8. The second kappa shape index (κ2) is 4.20. The van der Waals surface area contributed by atoms with Crippen LogP contribution in [0.4, 0.5) is 0 Å². The van der Waals surface area contributed by atoms with E-state index in [4.69, 9.17) is 11.6 Å². The molecule has 1 fully saturated rings. The maximum Gasteiger partial charge on any atom is 0.328 e. The Hall–Kier alpha value is -1.07. The fourth-order valence-corrected chi connectivity index (χ4v) is 1.69. The van der Waals surface area contributed by atoms with Crippen molar-refractivity contribution in [1.29, 1.82) is 0 Å². The lowest BCUT2D eigenvalue weighted by molar-refractivity contribution is 0.310. The summed E-state index contributed by atoms with van der Waals surface area (Å²) < 4.78 is 1.45. The molecule has 1 aromatic rings. The second-order valence-electron chi connectivity index (χ2n) is 3.74. The molecule has 1 aliphatic heterocycles. The van der Waals surface area contributed by atoms with Crippen LogP contribution in [0.2, 0.25) is 5.02 Å². The molecule has 6 heteroatoms. The molecule has 0 aromatic carbocycles. The quantitative estimate of drug-likeness (QED) is 0.755. The molecular formula is C9H12ClN3O2. The predicted molar refractivity (Wildman–Crippen MR) is 57.3 cm³/mol. The van der Waals surface area contributed by atoms with Crippen LogP contribution in [0, 0.1) is 5.92 Å². The highest BCUT2D eigenvalue weighted by Crippen LogP contribution is 2.09. The first-order valence-corrected chi connectivity index (χ1v) is 5.24. The van der Waals surface area contributed by atoms with Gasteiger partial charge in [0.05, 0.1) is 0 Å². The minimum absolute atomic E-state index is 0.0568. The van der Waals surface area contributed by atoms with Crippen LogP contribution >= 0.6 is 11.6 Å². The fraction of sp³-hybridized carbons (Fsp3) is 0.556. The van der Waals surface area contributed by atoms with Crippen LogP contribution in [0.25, 0.3) is 0 Å². The van der Waals surface area contributed by atoms with Crippen molar-refractivity contribution < 1.29 is 0 Å². The third-order valence-electron chi connectivity index (χ3n) is 2.61. The molecule has 15 heavy (non-hydrogen) atoms. The number of halogens is 1. The number of hydrogen-bond acceptors (Lipinski definition) is 3. The summed E-state index contributed by atoms with van der Waals surface area (Å²) in [4.78, 5) is 24.5. The van der Waals surface area contributed by atoms with Crippen molar-refractivity contribution in [3.05, 3.63) is 32.1 Å². The Morgan fingerprint density at radius 1 is 1.47 bits per heavy atom. The lowest BCUT2D eigenvalue weighted by Gasteiger charge is -2.27. The summed E-state index contributed by atoms with van der Waals surface area (Å²) in [6.45, 7) is 2.61. The molecule has 0 bridgehead atoms. The Morgan fingerprint density at radius 3 is 2.80 bits per heavy atom. The van der Waals surface area contributed by atoms with E-state index >= 15 is 0 Å². The molecule has 0 saturated carbocycles. The third-order valence-corrected chi connectivity index (χ3v) is 2.88. The highest BCUT2D eigenvalue weighted by molar-refractivity contribution is 6.30. The Morgan fingerprint density at radius 2 is 2.20 bits per heavy atom. The van der Waals surface area contributed by atoms with Gasteiger partial charge in [-0.25, -0.2) is 4.79 Å². The minimum Gasteiger partial charge on any atom is -0.316 e. The van der Waals surface area contributed by atoms with E-state index in [9.17, 15) is 9.59 Å². The summed E-state index contributed by atoms with van der Waals surface area (Å²) in [6.07, 6.45) is 2.32. The van der Waals surface area contributed by atoms with Crippen molar-refractivity contribution in [1.82, 2.24) is 14.9 Å². The van der Waals surface area contributed by atoms with Crippen LogP contribution < -0.4 is 16.6 Å². The monoisotopic (exact) mass is 229 g/mol. The number of aromatic amines is 1. The third kappa shape index (κ3) is 2.30. The van der Waals surface area contributed by atoms with Crippen LogP contribution in [-0.4, -0.2) is 22.6 Å². The van der Waals surface area contributed by atoms with E-state index in [1.54, 1.807) is 0 Å². The molecule has 2 heterocycles. The van der Waals surface area contributed by atoms with E-state index in [-0.39, 0.29) is 5.02 Å². The number of nitrogens with zero attached hydrogens (tertiary/aromatic N) is 1. The Labute approximate surface area is 91.1 Å². The van der Waals surface area contributed by atoms with E-state index in [0.717, 1.165) is 19.5 Å². The molecule has 0 atom stereocenters. The number of hydrogen-bond donors (Lipinski definition) is 2. The summed E-state index contributed by atoms with van der Waals surface area (Å²) in [5, 5.41) is 3.22. The van der Waals surface area contributed by atoms with Crippen molar-refractivity contribution in [3.63, 3.8) is 0 Å². The maximum absolute atomic E-state index is 11.3. The molecule has 1 saturated heterocycles. The first-order chi connectivity index (χ1) is 7.16. The zero-order valence-electron chi connectivity index (χ0n) is 8.12. The first-order valence-electron chi connectivity index (χ1n) is 4.87. The van der Waals surface area contributed by atoms with Gasteiger partial charge in [-0.05, 0) is 25.4 Å². The molecule has 0 amide bonds. The van der Waals surface area contributed by atoms with E-state index in [1.165, 1.54) is 10.8 Å². The van der Waals surface area contributed by atoms with Gasteiger partial charge in [-0.15, -0.1) is 0 Å². The molecule has 0 aliphatic carbocycles. The van der Waals surface area contributed by atoms with Crippen molar-refractivity contribution >= 4 is 11.6 Å². The summed E-state index contributed by atoms with van der Waals surface area (Å²) in [7, 11) is 0. The van der Waals surface area contributed by atoms with Crippen molar-refractivity contribution in [2.75, 3.05) is 13.1 Å². The van der Waals surface area contributed by atoms with Crippen LogP contribution in [0.1, 0.15) is 6.42 Å². The molecule has 0 spiro atoms. The first kappa shape index (κ1) is 10.4. The van der Waals surface area contributed by atoms with Crippen molar-refractivity contribution in [2.45, 2.75) is 13.0 Å². The molecule has 1 aliphatic rings. The Bertz CT molecular complexity index is 461. The second-order valence-corrected chi connectivity index (χ2v) is 4.15. The molecule has 1 aromatic heterocycles. The van der Waals surface area contributed by atoms with Gasteiger partial charge in [0.1, 0.15) is 5.02 Å². The van der Waals surface area contributed by atoms with E-state index in [1.807, 2.05) is 0 Å². The summed E-state index contributed by atoms with van der Waals surface area (Å²) in [6, 6.07) is 0. The lowest BCUT2D eigenvalue weighted by Crippen LogP contribution is -2.43. The molecule has 0 unspecified atom stereocenters. The normalized spacial score (nSPS) is 16.3. The smallest absolute Gasteiger partial charge is 0.316 e. The number of rotatable bonds is 3. The summed E-state index contributed by atoms with van der Waals surface area (Å²) in [5.74, 6) is 0.627. The predicted octanol–water partition coefficient (Wildman–Crippen LogP) is -0.201. The standard InChI is InChI=1S/C9H12ClN3O2/c10-7-5-13(9(15)12-8(7)14)2-1-6-3-11-4-6/h5-6,11H,1-4H2,(H,12,14,15). The van der Waals surface area contributed by atoms with Gasteiger partial charge in [-0.1, -0.05) is 11.6 Å². The molecule has 0 radical (unpaired) electrons. The molecule has 5 nitrogen and oxygen atoms in total. The number of aryl methyl sites for hydroxylation is 1. The number of aromatic nitrogens is 2. The van der Waals surface area contributed by atoms with Crippen LogP contribution in [0.5, 0.6) is 0 Å². The summed E-state index contributed by atoms with van der Waals surface area (Å²) in [5.41, 5.74) is -0.917. The molecule has 2 rings (SSSR count). The maximum atomic E-state index is 11.3. The number of H-pyrrole nitrogens is 1. The van der Waals surface area contributed by atoms with E-state index in [0.29, 0.717) is 12.5 Å². The number of nitrogens with one attached hydrogen (secondary N) is 2. The van der Waals surface area contributed by atoms with Crippen LogP contribution in [-0.2, 0) is 6.54 Å². The highest BCUT2D eigenvalue weighted by atomic mass is 35.5. The fourth-order valence-electron chi connectivity index (χ4n) is 1.52. The average molecular weight is 230 g/mol. The van der Waals surface area contributed by atoms with Gasteiger partial charge >= 0.3 is 5.69 Å². The molecular weight excluding hydrogens is 218 g/mol. The topological polar surface area (TPSA) is 66.9 Å². The van der Waals surface area contributed by atoms with Gasteiger partial charge in [-0.3, -0.25) is 14.3 Å². The van der Waals surface area contributed by atoms with Crippen molar-refractivity contribution in [2.24, 2.45) is 5.92 Å². The minimum atomic E-state index is -0.525.